The SMILES string of the molecule is Cc1ccc(N)cc1N1CCC1C. The zero-order chi connectivity index (χ0) is 9.42. The number of nitrogens with two attached hydrogens (primary N) is 1. The lowest BCUT2D eigenvalue weighted by Gasteiger charge is -2.41. The number of hydrogen-bond donors (Lipinski definition) is 1. The van der Waals surface area contributed by atoms with Gasteiger partial charge in [-0.25, -0.2) is 0 Å². The van der Waals surface area contributed by atoms with Gasteiger partial charge in [-0.05, 0) is 38.0 Å². The fourth-order valence-corrected chi connectivity index (χ4v) is 1.81. The molecule has 13 heavy (non-hydrogen) atoms. The molecule has 2 N–H and O–H groups in total. The van der Waals surface area contributed by atoms with Gasteiger partial charge < -0.3 is 10.6 Å². The van der Waals surface area contributed by atoms with Crippen molar-refractivity contribution in [3.63, 3.8) is 0 Å². The van der Waals surface area contributed by atoms with Crippen molar-refractivity contribution in [1.29, 1.82) is 0 Å². The van der Waals surface area contributed by atoms with E-state index < -0.39 is 0 Å². The summed E-state index contributed by atoms with van der Waals surface area (Å²) in [5.74, 6) is 0. The minimum absolute atomic E-state index is 0.681. The molecule has 1 aromatic rings. The minimum atomic E-state index is 0.681. The molecule has 1 aromatic carbocycles. The van der Waals surface area contributed by atoms with Crippen molar-refractivity contribution in [1.82, 2.24) is 0 Å². The average Bonchev–Trinajstić information content (AvgIpc) is 2.09. The van der Waals surface area contributed by atoms with Crippen LogP contribution in [-0.4, -0.2) is 12.6 Å². The predicted molar refractivity (Wildman–Crippen MR) is 57.0 cm³/mol. The zero-order valence-corrected chi connectivity index (χ0v) is 8.25. The summed E-state index contributed by atoms with van der Waals surface area (Å²) < 4.78 is 0. The van der Waals surface area contributed by atoms with Gasteiger partial charge in [0.1, 0.15) is 0 Å². The van der Waals surface area contributed by atoms with E-state index in [1.165, 1.54) is 24.2 Å². The largest absolute Gasteiger partial charge is 0.399 e. The van der Waals surface area contributed by atoms with E-state index in [-0.39, 0.29) is 0 Å². The maximum Gasteiger partial charge on any atom is 0.0419 e. The van der Waals surface area contributed by atoms with Gasteiger partial charge in [0.05, 0.1) is 0 Å². The molecule has 1 fully saturated rings. The number of nitrogen functional groups attached to an aromatic ring is 1. The van der Waals surface area contributed by atoms with Gasteiger partial charge in [0.2, 0.25) is 0 Å². The topological polar surface area (TPSA) is 29.3 Å². The third-order valence-electron chi connectivity index (χ3n) is 2.86. The van der Waals surface area contributed by atoms with E-state index >= 15 is 0 Å². The lowest BCUT2D eigenvalue weighted by atomic mass is 10.0. The highest BCUT2D eigenvalue weighted by Gasteiger charge is 2.24. The smallest absolute Gasteiger partial charge is 0.0419 e. The molecule has 1 aliphatic rings. The standard InChI is InChI=1S/C11H16N2/c1-8-3-4-10(12)7-11(8)13-6-5-9(13)2/h3-4,7,9H,5-6,12H2,1-2H3. The van der Waals surface area contributed by atoms with E-state index in [0.717, 1.165) is 5.69 Å². The summed E-state index contributed by atoms with van der Waals surface area (Å²) in [6.07, 6.45) is 1.30. The van der Waals surface area contributed by atoms with Crippen LogP contribution in [0.3, 0.4) is 0 Å². The van der Waals surface area contributed by atoms with E-state index in [1.807, 2.05) is 6.07 Å². The van der Waals surface area contributed by atoms with Crippen LogP contribution in [0.2, 0.25) is 0 Å². The second-order valence-corrected chi connectivity index (χ2v) is 3.88. The van der Waals surface area contributed by atoms with Crippen LogP contribution in [0.1, 0.15) is 18.9 Å². The monoisotopic (exact) mass is 176 g/mol. The number of hydrogen-bond acceptors (Lipinski definition) is 2. The van der Waals surface area contributed by atoms with Crippen LogP contribution in [0.15, 0.2) is 18.2 Å². The number of rotatable bonds is 1. The van der Waals surface area contributed by atoms with Crippen LogP contribution in [0.5, 0.6) is 0 Å². The summed E-state index contributed by atoms with van der Waals surface area (Å²) in [7, 11) is 0. The van der Waals surface area contributed by atoms with Gasteiger partial charge in [-0.2, -0.15) is 0 Å². The maximum absolute atomic E-state index is 5.76. The molecule has 0 radical (unpaired) electrons. The third kappa shape index (κ3) is 1.37. The molecule has 1 unspecified atom stereocenters. The number of benzene rings is 1. The molecular weight excluding hydrogens is 160 g/mol. The molecule has 0 saturated carbocycles. The highest BCUT2D eigenvalue weighted by atomic mass is 15.2. The molecule has 1 heterocycles. The van der Waals surface area contributed by atoms with E-state index in [2.05, 4.69) is 30.9 Å². The predicted octanol–water partition coefficient (Wildman–Crippen LogP) is 2.18. The zero-order valence-electron chi connectivity index (χ0n) is 8.25. The fraction of sp³-hybridized carbons (Fsp3) is 0.455. The molecule has 0 bridgehead atoms. The molecule has 1 aliphatic heterocycles. The Morgan fingerprint density at radius 1 is 1.46 bits per heavy atom. The number of anilines is 2. The number of nitrogens with zero attached hydrogens (tertiary/aromatic N) is 1. The third-order valence-corrected chi connectivity index (χ3v) is 2.86. The van der Waals surface area contributed by atoms with Crippen molar-refractivity contribution in [3.05, 3.63) is 23.8 Å². The Balaban J connectivity index is 2.33. The molecule has 2 rings (SSSR count). The minimum Gasteiger partial charge on any atom is -0.399 e. The van der Waals surface area contributed by atoms with Crippen molar-refractivity contribution < 1.29 is 0 Å². The lowest BCUT2D eigenvalue weighted by molar-refractivity contribution is 0.480. The highest BCUT2D eigenvalue weighted by molar-refractivity contribution is 5.62. The molecule has 2 nitrogen and oxygen atoms in total. The Kier molecular flexibility index (Phi) is 1.91. The van der Waals surface area contributed by atoms with Gasteiger partial charge >= 0.3 is 0 Å². The van der Waals surface area contributed by atoms with Gasteiger partial charge in [-0.15, -0.1) is 0 Å². The number of aryl methyl sites for hydroxylation is 1. The van der Waals surface area contributed by atoms with Crippen molar-refractivity contribution >= 4 is 11.4 Å². The Hall–Kier alpha value is -1.18. The fourth-order valence-electron chi connectivity index (χ4n) is 1.81. The molecule has 0 spiro atoms. The average molecular weight is 176 g/mol. The summed E-state index contributed by atoms with van der Waals surface area (Å²) in [6.45, 7) is 5.57. The van der Waals surface area contributed by atoms with Gasteiger partial charge in [-0.1, -0.05) is 6.07 Å². The van der Waals surface area contributed by atoms with Crippen molar-refractivity contribution in [2.75, 3.05) is 17.2 Å². The van der Waals surface area contributed by atoms with Crippen LogP contribution in [0, 0.1) is 6.92 Å². The summed E-state index contributed by atoms with van der Waals surface area (Å²) >= 11 is 0. The van der Waals surface area contributed by atoms with E-state index in [1.54, 1.807) is 0 Å². The summed E-state index contributed by atoms with van der Waals surface area (Å²) in [5.41, 5.74) is 9.25. The van der Waals surface area contributed by atoms with Gasteiger partial charge in [0, 0.05) is 24.0 Å². The summed E-state index contributed by atoms with van der Waals surface area (Å²) in [5, 5.41) is 0. The summed E-state index contributed by atoms with van der Waals surface area (Å²) in [4.78, 5) is 2.41. The van der Waals surface area contributed by atoms with Crippen molar-refractivity contribution in [2.45, 2.75) is 26.3 Å². The Morgan fingerprint density at radius 3 is 2.77 bits per heavy atom. The quantitative estimate of drug-likeness (QED) is 0.664. The van der Waals surface area contributed by atoms with Gasteiger partial charge in [-0.3, -0.25) is 0 Å². The van der Waals surface area contributed by atoms with Crippen LogP contribution in [-0.2, 0) is 0 Å². The van der Waals surface area contributed by atoms with E-state index in [9.17, 15) is 0 Å². The van der Waals surface area contributed by atoms with Crippen molar-refractivity contribution in [2.24, 2.45) is 0 Å². The molecule has 1 saturated heterocycles. The van der Waals surface area contributed by atoms with Crippen LogP contribution in [0.25, 0.3) is 0 Å². The highest BCUT2D eigenvalue weighted by Crippen LogP contribution is 2.30. The Bertz CT molecular complexity index is 320. The normalized spacial score (nSPS) is 21.4. The molecule has 0 aliphatic carbocycles. The second-order valence-electron chi connectivity index (χ2n) is 3.88. The van der Waals surface area contributed by atoms with Crippen molar-refractivity contribution in [3.8, 4) is 0 Å². The van der Waals surface area contributed by atoms with Gasteiger partial charge in [0.15, 0.2) is 0 Å². The molecule has 1 atom stereocenters. The van der Waals surface area contributed by atoms with Crippen LogP contribution < -0.4 is 10.6 Å². The van der Waals surface area contributed by atoms with Crippen LogP contribution >= 0.6 is 0 Å². The Morgan fingerprint density at radius 2 is 2.23 bits per heavy atom. The molecule has 2 heteroatoms. The molecule has 0 amide bonds. The first-order valence-electron chi connectivity index (χ1n) is 4.81. The molecular formula is C11H16N2. The lowest BCUT2D eigenvalue weighted by Crippen LogP contribution is -2.46. The van der Waals surface area contributed by atoms with E-state index in [0.29, 0.717) is 6.04 Å². The first-order valence-corrected chi connectivity index (χ1v) is 4.81. The maximum atomic E-state index is 5.76. The Labute approximate surface area is 79.4 Å². The van der Waals surface area contributed by atoms with Gasteiger partial charge in [0.25, 0.3) is 0 Å². The first kappa shape index (κ1) is 8.42. The molecule has 70 valence electrons. The molecule has 0 aromatic heterocycles. The first-order chi connectivity index (χ1) is 6.18. The summed E-state index contributed by atoms with van der Waals surface area (Å²) in [6, 6.07) is 6.81. The second kappa shape index (κ2) is 2.95. The van der Waals surface area contributed by atoms with Crippen LogP contribution in [0.4, 0.5) is 11.4 Å². The van der Waals surface area contributed by atoms with E-state index in [4.69, 9.17) is 5.73 Å².